The second kappa shape index (κ2) is 12.6. The maximum absolute atomic E-state index is 11.6. The molecule has 5 N–H and O–H groups in total. The van der Waals surface area contributed by atoms with E-state index in [4.69, 9.17) is 5.73 Å². The Balaban J connectivity index is -0.000000394. The third-order valence-corrected chi connectivity index (χ3v) is 5.80. The first-order chi connectivity index (χ1) is 11.5. The van der Waals surface area contributed by atoms with Gasteiger partial charge in [0, 0.05) is 5.57 Å². The van der Waals surface area contributed by atoms with Crippen LogP contribution in [0.5, 0.6) is 0 Å². The van der Waals surface area contributed by atoms with Crippen LogP contribution < -0.4 is 11.5 Å². The molecule has 0 saturated heterocycles. The fraction of sp³-hybridized carbons (Fsp3) is 0.667. The standard InChI is InChI=1S/C11H24O3S.C4H7NO.C3H5NO/c1-6-8-11(9-7-2,10(3,4)5)15(12,13)14;1-3(2)4(5)6;1-2-3(4)5/h6-9H2,1-5H3,(H,12,13,14);1H2,2H3,(H2,5,6);2H,1H2,(H2,4,5). The lowest BCUT2D eigenvalue weighted by molar-refractivity contribution is -0.115. The lowest BCUT2D eigenvalue weighted by atomic mass is 9.74. The van der Waals surface area contributed by atoms with Crippen molar-refractivity contribution in [2.45, 2.75) is 72.0 Å². The molecule has 7 nitrogen and oxygen atoms in total. The van der Waals surface area contributed by atoms with Gasteiger partial charge in [0.1, 0.15) is 4.75 Å². The number of carbonyl (C=O) groups is 2. The van der Waals surface area contributed by atoms with E-state index in [-0.39, 0.29) is 0 Å². The van der Waals surface area contributed by atoms with Crippen molar-refractivity contribution in [3.8, 4) is 0 Å². The van der Waals surface area contributed by atoms with Gasteiger partial charge in [0.2, 0.25) is 11.8 Å². The van der Waals surface area contributed by atoms with Gasteiger partial charge in [0.25, 0.3) is 10.1 Å². The third-order valence-electron chi connectivity index (χ3n) is 3.79. The van der Waals surface area contributed by atoms with Crippen molar-refractivity contribution in [2.75, 3.05) is 0 Å². The Bertz CT molecular complexity index is 557. The molecule has 0 rings (SSSR count). The molecule has 0 heterocycles. The van der Waals surface area contributed by atoms with Crippen molar-refractivity contribution < 1.29 is 22.6 Å². The SMILES string of the molecule is C=C(C)C(N)=O.C=CC(N)=O.CCCC(CCC)(C(C)(C)C)S(=O)(=O)O. The number of hydrogen-bond acceptors (Lipinski definition) is 4. The van der Waals surface area contributed by atoms with E-state index in [1.807, 2.05) is 34.6 Å². The number of hydrogen-bond donors (Lipinski definition) is 3. The first kappa shape index (κ1) is 29.1. The average molecular weight is 393 g/mol. The van der Waals surface area contributed by atoms with Gasteiger partial charge in [-0.3, -0.25) is 14.1 Å². The Morgan fingerprint density at radius 3 is 1.42 bits per heavy atom. The molecule has 0 saturated carbocycles. The van der Waals surface area contributed by atoms with Crippen molar-refractivity contribution in [3.63, 3.8) is 0 Å². The summed E-state index contributed by atoms with van der Waals surface area (Å²) in [5, 5.41) is 0. The lowest BCUT2D eigenvalue weighted by Crippen LogP contribution is -2.49. The predicted octanol–water partition coefficient (Wildman–Crippen LogP) is 2.96. The van der Waals surface area contributed by atoms with E-state index in [0.29, 0.717) is 18.4 Å². The molecule has 0 atom stereocenters. The van der Waals surface area contributed by atoms with Gasteiger partial charge < -0.3 is 11.5 Å². The molecule has 26 heavy (non-hydrogen) atoms. The van der Waals surface area contributed by atoms with E-state index in [1.165, 1.54) is 0 Å². The molecule has 2 amide bonds. The van der Waals surface area contributed by atoms with E-state index >= 15 is 0 Å². The topological polar surface area (TPSA) is 141 Å². The predicted molar refractivity (Wildman–Crippen MR) is 107 cm³/mol. The molecule has 154 valence electrons. The summed E-state index contributed by atoms with van der Waals surface area (Å²) in [5.74, 6) is -0.917. The summed E-state index contributed by atoms with van der Waals surface area (Å²) in [6.07, 6.45) is 3.61. The van der Waals surface area contributed by atoms with Gasteiger partial charge >= 0.3 is 0 Å². The highest BCUT2D eigenvalue weighted by Crippen LogP contribution is 2.44. The van der Waals surface area contributed by atoms with Crippen LogP contribution in [0.1, 0.15) is 67.2 Å². The van der Waals surface area contributed by atoms with Crippen molar-refractivity contribution in [1.29, 1.82) is 0 Å². The average Bonchev–Trinajstić information content (AvgIpc) is 2.45. The number of amides is 2. The highest BCUT2D eigenvalue weighted by molar-refractivity contribution is 7.87. The van der Waals surface area contributed by atoms with Gasteiger partial charge in [-0.15, -0.1) is 0 Å². The molecule has 0 unspecified atom stereocenters. The summed E-state index contributed by atoms with van der Waals surface area (Å²) in [7, 11) is -4.01. The zero-order chi connectivity index (χ0) is 21.8. The van der Waals surface area contributed by atoms with E-state index in [9.17, 15) is 22.6 Å². The summed E-state index contributed by atoms with van der Waals surface area (Å²) in [6, 6.07) is 0. The first-order valence-corrected chi connectivity index (χ1v) is 9.82. The Kier molecular flexibility index (Phi) is 14.2. The molecule has 0 fully saturated rings. The van der Waals surface area contributed by atoms with Crippen LogP contribution in [0.3, 0.4) is 0 Å². The monoisotopic (exact) mass is 392 g/mol. The van der Waals surface area contributed by atoms with Gasteiger partial charge in [-0.1, -0.05) is 60.6 Å². The molecule has 0 aliphatic rings. The van der Waals surface area contributed by atoms with Crippen LogP contribution in [0.2, 0.25) is 0 Å². The van der Waals surface area contributed by atoms with Crippen LogP contribution in [0.4, 0.5) is 0 Å². The van der Waals surface area contributed by atoms with Crippen LogP contribution in [0.25, 0.3) is 0 Å². The fourth-order valence-electron chi connectivity index (χ4n) is 2.33. The molecule has 0 aliphatic carbocycles. The largest absolute Gasteiger partial charge is 0.366 e. The Morgan fingerprint density at radius 2 is 1.35 bits per heavy atom. The number of rotatable bonds is 7. The second-order valence-electron chi connectivity index (χ2n) is 6.97. The van der Waals surface area contributed by atoms with Gasteiger partial charge in [-0.2, -0.15) is 8.42 Å². The first-order valence-electron chi connectivity index (χ1n) is 8.38. The van der Waals surface area contributed by atoms with E-state index in [1.54, 1.807) is 6.92 Å². The number of nitrogens with two attached hydrogens (primary N) is 2. The molecule has 0 aliphatic heterocycles. The molecule has 0 aromatic heterocycles. The maximum atomic E-state index is 11.6. The molecule has 8 heteroatoms. The summed E-state index contributed by atoms with van der Waals surface area (Å²) in [5.41, 5.74) is 9.19. The molecular formula is C18H36N2O5S. The van der Waals surface area contributed by atoms with Gasteiger partial charge in [-0.05, 0) is 31.3 Å². The molecule has 0 aromatic rings. The number of primary amides is 2. The highest BCUT2D eigenvalue weighted by Gasteiger charge is 2.50. The van der Waals surface area contributed by atoms with Crippen molar-refractivity contribution >= 4 is 21.9 Å². The summed E-state index contributed by atoms with van der Waals surface area (Å²) < 4.78 is 31.8. The Hall–Kier alpha value is -1.67. The maximum Gasteiger partial charge on any atom is 0.271 e. The van der Waals surface area contributed by atoms with Gasteiger partial charge in [0.05, 0.1) is 0 Å². The van der Waals surface area contributed by atoms with E-state index < -0.39 is 32.1 Å². The van der Waals surface area contributed by atoms with Gasteiger partial charge in [0.15, 0.2) is 0 Å². The van der Waals surface area contributed by atoms with E-state index in [2.05, 4.69) is 18.9 Å². The summed E-state index contributed by atoms with van der Waals surface area (Å²) in [4.78, 5) is 19.3. The minimum absolute atomic E-state index is 0.398. The Labute approximate surface area is 158 Å². The minimum Gasteiger partial charge on any atom is -0.366 e. The fourth-order valence-corrected chi connectivity index (χ4v) is 4.03. The van der Waals surface area contributed by atoms with Crippen molar-refractivity contribution in [1.82, 2.24) is 0 Å². The van der Waals surface area contributed by atoms with Crippen molar-refractivity contribution in [3.05, 3.63) is 24.8 Å². The van der Waals surface area contributed by atoms with E-state index in [0.717, 1.165) is 18.9 Å². The number of carbonyl (C=O) groups excluding carboxylic acids is 2. The van der Waals surface area contributed by atoms with Crippen LogP contribution >= 0.6 is 0 Å². The molecule has 0 bridgehead atoms. The molecule has 0 radical (unpaired) electrons. The minimum atomic E-state index is -4.01. The zero-order valence-electron chi connectivity index (χ0n) is 17.0. The van der Waals surface area contributed by atoms with Crippen LogP contribution in [0.15, 0.2) is 24.8 Å². The zero-order valence-corrected chi connectivity index (χ0v) is 17.8. The molecule has 0 spiro atoms. The van der Waals surface area contributed by atoms with Crippen LogP contribution in [-0.4, -0.2) is 29.5 Å². The molecular weight excluding hydrogens is 356 g/mol. The summed E-state index contributed by atoms with van der Waals surface area (Å²) in [6.45, 7) is 17.5. The van der Waals surface area contributed by atoms with Crippen molar-refractivity contribution in [2.24, 2.45) is 16.9 Å². The smallest absolute Gasteiger partial charge is 0.271 e. The normalized spacial score (nSPS) is 11.2. The van der Waals surface area contributed by atoms with Gasteiger partial charge in [-0.25, -0.2) is 0 Å². The lowest BCUT2D eigenvalue weighted by Gasteiger charge is -2.42. The molecule has 0 aromatic carbocycles. The second-order valence-corrected chi connectivity index (χ2v) is 8.70. The quantitative estimate of drug-likeness (QED) is 0.451. The summed E-state index contributed by atoms with van der Waals surface area (Å²) >= 11 is 0. The third kappa shape index (κ3) is 11.0. The van der Waals surface area contributed by atoms with Crippen LogP contribution in [-0.2, 0) is 19.7 Å². The Morgan fingerprint density at radius 1 is 1.08 bits per heavy atom. The van der Waals surface area contributed by atoms with Crippen LogP contribution in [0, 0.1) is 5.41 Å². The highest BCUT2D eigenvalue weighted by atomic mass is 32.2.